The van der Waals surface area contributed by atoms with Gasteiger partial charge < -0.3 is 15.7 Å². The molecule has 0 fully saturated rings. The number of carboxylic acid groups (broad SMARTS) is 1. The van der Waals surface area contributed by atoms with Crippen LogP contribution in [0.25, 0.3) is 0 Å². The van der Waals surface area contributed by atoms with Crippen molar-refractivity contribution < 1.29 is 19.5 Å². The van der Waals surface area contributed by atoms with Crippen molar-refractivity contribution in [2.75, 3.05) is 6.54 Å². The van der Waals surface area contributed by atoms with E-state index in [1.54, 1.807) is 0 Å². The van der Waals surface area contributed by atoms with Crippen LogP contribution < -0.4 is 10.6 Å². The number of aliphatic carboxylic acids is 1. The van der Waals surface area contributed by atoms with Crippen molar-refractivity contribution in [1.29, 1.82) is 0 Å². The molecule has 0 aliphatic carbocycles. The topological polar surface area (TPSA) is 95.5 Å². The van der Waals surface area contributed by atoms with E-state index in [4.69, 9.17) is 5.11 Å². The Kier molecular flexibility index (Phi) is 13.1. The molecule has 3 N–H and O–H groups in total. The Hall–Kier alpha value is -1.59. The van der Waals surface area contributed by atoms with Gasteiger partial charge in [0.05, 0.1) is 0 Å². The highest BCUT2D eigenvalue weighted by Crippen LogP contribution is 2.03. The summed E-state index contributed by atoms with van der Waals surface area (Å²) in [6, 6.07) is -0.874. The fourth-order valence-electron chi connectivity index (χ4n) is 2.22. The monoisotopic (exact) mass is 328 g/mol. The molecule has 0 saturated heterocycles. The first-order valence-corrected chi connectivity index (χ1v) is 8.80. The third-order valence-electron chi connectivity index (χ3n) is 3.64. The molecule has 0 aromatic rings. The van der Waals surface area contributed by atoms with Crippen LogP contribution in [0.15, 0.2) is 0 Å². The summed E-state index contributed by atoms with van der Waals surface area (Å²) in [7, 11) is 0. The standard InChI is InChI=1S/C17H32N2O4/c1-3-5-7-11-15(20)18-13-9-10-14(17(22)23)19-16(21)12-8-6-4-2/h14H,3-13H2,1-2H3,(H,18,20)(H,19,21)(H,22,23)/t14-/m0/s1. The molecule has 0 aliphatic rings. The first-order chi connectivity index (χ1) is 11.0. The van der Waals surface area contributed by atoms with Gasteiger partial charge in [0.15, 0.2) is 0 Å². The summed E-state index contributed by atoms with van der Waals surface area (Å²) in [6.07, 6.45) is 7.51. The molecule has 6 nitrogen and oxygen atoms in total. The van der Waals surface area contributed by atoms with Gasteiger partial charge >= 0.3 is 5.97 Å². The van der Waals surface area contributed by atoms with Crippen LogP contribution >= 0.6 is 0 Å². The summed E-state index contributed by atoms with van der Waals surface area (Å²) in [6.45, 7) is 4.58. The molecule has 23 heavy (non-hydrogen) atoms. The van der Waals surface area contributed by atoms with Crippen LogP contribution in [0.3, 0.4) is 0 Å². The van der Waals surface area contributed by atoms with Gasteiger partial charge in [0, 0.05) is 19.4 Å². The lowest BCUT2D eigenvalue weighted by atomic mass is 10.1. The van der Waals surface area contributed by atoms with E-state index in [1.165, 1.54) is 0 Å². The van der Waals surface area contributed by atoms with Gasteiger partial charge in [-0.25, -0.2) is 4.79 Å². The summed E-state index contributed by atoms with van der Waals surface area (Å²) in [5.41, 5.74) is 0. The Bertz CT molecular complexity index is 359. The normalized spacial score (nSPS) is 11.7. The number of rotatable bonds is 14. The molecule has 1 atom stereocenters. The molecule has 0 unspecified atom stereocenters. The van der Waals surface area contributed by atoms with Gasteiger partial charge in [0.2, 0.25) is 11.8 Å². The molecular formula is C17H32N2O4. The Labute approximate surface area is 139 Å². The van der Waals surface area contributed by atoms with E-state index in [1.807, 2.05) is 0 Å². The second kappa shape index (κ2) is 14.0. The van der Waals surface area contributed by atoms with E-state index in [0.717, 1.165) is 38.5 Å². The third-order valence-corrected chi connectivity index (χ3v) is 3.64. The highest BCUT2D eigenvalue weighted by atomic mass is 16.4. The molecule has 0 spiro atoms. The average Bonchev–Trinajstić information content (AvgIpc) is 2.50. The van der Waals surface area contributed by atoms with E-state index < -0.39 is 12.0 Å². The quantitative estimate of drug-likeness (QED) is 0.427. The fraction of sp³-hybridized carbons (Fsp3) is 0.824. The van der Waals surface area contributed by atoms with Gasteiger partial charge in [-0.3, -0.25) is 9.59 Å². The van der Waals surface area contributed by atoms with Crippen molar-refractivity contribution >= 4 is 17.8 Å². The molecule has 2 amide bonds. The van der Waals surface area contributed by atoms with Crippen molar-refractivity contribution in [3.8, 4) is 0 Å². The maximum Gasteiger partial charge on any atom is 0.326 e. The number of nitrogens with one attached hydrogen (secondary N) is 2. The molecule has 0 aliphatic heterocycles. The number of carbonyl (C=O) groups excluding carboxylic acids is 2. The molecule has 0 radical (unpaired) electrons. The number of hydrogen-bond donors (Lipinski definition) is 3. The smallest absolute Gasteiger partial charge is 0.326 e. The molecule has 0 aromatic carbocycles. The zero-order chi connectivity index (χ0) is 17.5. The van der Waals surface area contributed by atoms with Gasteiger partial charge in [-0.2, -0.15) is 0 Å². The van der Waals surface area contributed by atoms with E-state index in [9.17, 15) is 14.4 Å². The molecule has 6 heteroatoms. The predicted molar refractivity (Wildman–Crippen MR) is 90.1 cm³/mol. The SMILES string of the molecule is CCCCCC(=O)NCCC[C@H](NC(=O)CCCCC)C(=O)O. The number of amides is 2. The molecule has 0 aromatic heterocycles. The zero-order valence-corrected chi connectivity index (χ0v) is 14.5. The predicted octanol–water partition coefficient (Wildman–Crippen LogP) is 2.61. The van der Waals surface area contributed by atoms with Gasteiger partial charge in [-0.05, 0) is 25.7 Å². The summed E-state index contributed by atoms with van der Waals surface area (Å²) < 4.78 is 0. The summed E-state index contributed by atoms with van der Waals surface area (Å²) in [5.74, 6) is -1.23. The lowest BCUT2D eigenvalue weighted by molar-refractivity contribution is -0.142. The third kappa shape index (κ3) is 12.6. The van der Waals surface area contributed by atoms with Crippen LogP contribution in [0.2, 0.25) is 0 Å². The molecular weight excluding hydrogens is 296 g/mol. The van der Waals surface area contributed by atoms with Gasteiger partial charge in [0.1, 0.15) is 6.04 Å². The maximum atomic E-state index is 11.7. The van der Waals surface area contributed by atoms with Crippen molar-refractivity contribution in [2.45, 2.75) is 84.1 Å². The number of unbranched alkanes of at least 4 members (excludes halogenated alkanes) is 4. The maximum absolute atomic E-state index is 11.7. The van der Waals surface area contributed by atoms with Crippen molar-refractivity contribution in [3.63, 3.8) is 0 Å². The molecule has 0 heterocycles. The van der Waals surface area contributed by atoms with E-state index in [-0.39, 0.29) is 11.8 Å². The lowest BCUT2D eigenvalue weighted by Crippen LogP contribution is -2.41. The second-order valence-corrected chi connectivity index (χ2v) is 5.86. The number of carbonyl (C=O) groups is 3. The van der Waals surface area contributed by atoms with E-state index in [0.29, 0.717) is 32.2 Å². The van der Waals surface area contributed by atoms with Gasteiger partial charge in [-0.15, -0.1) is 0 Å². The lowest BCUT2D eigenvalue weighted by Gasteiger charge is -2.14. The van der Waals surface area contributed by atoms with Crippen molar-refractivity contribution in [2.24, 2.45) is 0 Å². The fourth-order valence-corrected chi connectivity index (χ4v) is 2.22. The summed E-state index contributed by atoms with van der Waals surface area (Å²) >= 11 is 0. The van der Waals surface area contributed by atoms with Crippen LogP contribution in [0, 0.1) is 0 Å². The molecule has 0 saturated carbocycles. The van der Waals surface area contributed by atoms with Gasteiger partial charge in [0.25, 0.3) is 0 Å². The van der Waals surface area contributed by atoms with Crippen LogP contribution in [0.4, 0.5) is 0 Å². The number of carboxylic acids is 1. The highest BCUT2D eigenvalue weighted by Gasteiger charge is 2.19. The minimum atomic E-state index is -1.02. The average molecular weight is 328 g/mol. The summed E-state index contributed by atoms with van der Waals surface area (Å²) in [4.78, 5) is 34.4. The first-order valence-electron chi connectivity index (χ1n) is 8.80. The second-order valence-electron chi connectivity index (χ2n) is 5.86. The van der Waals surface area contributed by atoms with Crippen molar-refractivity contribution in [1.82, 2.24) is 10.6 Å². The Morgan fingerprint density at radius 3 is 1.96 bits per heavy atom. The zero-order valence-electron chi connectivity index (χ0n) is 14.5. The molecule has 0 rings (SSSR count). The van der Waals surface area contributed by atoms with E-state index in [2.05, 4.69) is 24.5 Å². The largest absolute Gasteiger partial charge is 0.480 e. The molecule has 0 bridgehead atoms. The Morgan fingerprint density at radius 2 is 1.43 bits per heavy atom. The number of hydrogen-bond acceptors (Lipinski definition) is 3. The van der Waals surface area contributed by atoms with Crippen LogP contribution in [0.5, 0.6) is 0 Å². The van der Waals surface area contributed by atoms with Gasteiger partial charge in [-0.1, -0.05) is 39.5 Å². The minimum Gasteiger partial charge on any atom is -0.480 e. The highest BCUT2D eigenvalue weighted by molar-refractivity contribution is 5.83. The van der Waals surface area contributed by atoms with Crippen LogP contribution in [-0.4, -0.2) is 35.5 Å². The molecule has 134 valence electrons. The first kappa shape index (κ1) is 21.4. The van der Waals surface area contributed by atoms with Crippen molar-refractivity contribution in [3.05, 3.63) is 0 Å². The Balaban J connectivity index is 3.90. The van der Waals surface area contributed by atoms with Crippen LogP contribution in [0.1, 0.15) is 78.1 Å². The Morgan fingerprint density at radius 1 is 0.870 bits per heavy atom. The van der Waals surface area contributed by atoms with Crippen LogP contribution in [-0.2, 0) is 14.4 Å². The van der Waals surface area contributed by atoms with E-state index >= 15 is 0 Å². The minimum absolute atomic E-state index is 0.00826. The summed E-state index contributed by atoms with van der Waals surface area (Å²) in [5, 5.41) is 14.5.